The van der Waals surface area contributed by atoms with Gasteiger partial charge in [0.2, 0.25) is 0 Å². The van der Waals surface area contributed by atoms with E-state index in [4.69, 9.17) is 16.6 Å². The summed E-state index contributed by atoms with van der Waals surface area (Å²) in [6.45, 7) is 11.7. The van der Waals surface area contributed by atoms with Crippen LogP contribution in [0.15, 0.2) is 4.99 Å². The quantitative estimate of drug-likeness (QED) is 0.576. The fourth-order valence-corrected chi connectivity index (χ4v) is 4.46. The molecule has 0 amide bonds. The summed E-state index contributed by atoms with van der Waals surface area (Å²) in [7, 11) is -1.69. The minimum atomic E-state index is -1.69. The summed E-state index contributed by atoms with van der Waals surface area (Å²) in [5, 5.41) is 0.229. The van der Waals surface area contributed by atoms with Crippen molar-refractivity contribution >= 4 is 53.4 Å². The van der Waals surface area contributed by atoms with Gasteiger partial charge in [-0.05, 0) is 18.1 Å². The molecule has 1 saturated heterocycles. The van der Waals surface area contributed by atoms with Crippen LogP contribution in [0, 0.1) is 0 Å². The standard InChI is InChI=1S/C11H21NOS3Si/c1-11(2,3)17(4,5)13-8-9(14)12-10-15-6-7-16-10/h6-8H2,1-5H3. The van der Waals surface area contributed by atoms with E-state index in [1.54, 1.807) is 23.5 Å². The number of aliphatic imine (C=N–C) groups is 1. The summed E-state index contributed by atoms with van der Waals surface area (Å²) in [6, 6.07) is 0. The lowest BCUT2D eigenvalue weighted by Gasteiger charge is -2.35. The van der Waals surface area contributed by atoms with E-state index in [-0.39, 0.29) is 5.04 Å². The van der Waals surface area contributed by atoms with Crippen LogP contribution in [0.1, 0.15) is 20.8 Å². The topological polar surface area (TPSA) is 21.6 Å². The van der Waals surface area contributed by atoms with Gasteiger partial charge >= 0.3 is 0 Å². The SMILES string of the molecule is CC(C)(C)[Si](C)(C)OCC(=S)N=C1SCCS1. The van der Waals surface area contributed by atoms with Crippen LogP contribution in [0.4, 0.5) is 0 Å². The Bertz CT molecular complexity index is 315. The molecule has 2 nitrogen and oxygen atoms in total. The summed E-state index contributed by atoms with van der Waals surface area (Å²) in [6.07, 6.45) is 0. The van der Waals surface area contributed by atoms with Gasteiger partial charge in [-0.15, -0.1) is 0 Å². The van der Waals surface area contributed by atoms with Gasteiger partial charge in [-0.2, -0.15) is 0 Å². The van der Waals surface area contributed by atoms with Crippen molar-refractivity contribution in [3.05, 3.63) is 0 Å². The molecule has 1 fully saturated rings. The van der Waals surface area contributed by atoms with E-state index in [2.05, 4.69) is 38.9 Å². The largest absolute Gasteiger partial charge is 0.410 e. The second-order valence-corrected chi connectivity index (χ2v) is 13.2. The maximum atomic E-state index is 6.04. The molecule has 1 heterocycles. The van der Waals surface area contributed by atoms with Crippen molar-refractivity contribution in [2.24, 2.45) is 4.99 Å². The molecule has 0 spiro atoms. The number of thioether (sulfide) groups is 2. The smallest absolute Gasteiger partial charge is 0.192 e. The lowest BCUT2D eigenvalue weighted by Crippen LogP contribution is -2.41. The van der Waals surface area contributed by atoms with Gasteiger partial charge in [-0.3, -0.25) is 0 Å². The molecule has 0 saturated carbocycles. The molecule has 0 aliphatic carbocycles. The lowest BCUT2D eigenvalue weighted by molar-refractivity contribution is 0.341. The second-order valence-electron chi connectivity index (χ2n) is 5.52. The molecular weight excluding hydrogens is 286 g/mol. The van der Waals surface area contributed by atoms with Crippen molar-refractivity contribution in [1.82, 2.24) is 0 Å². The van der Waals surface area contributed by atoms with E-state index in [1.165, 1.54) is 0 Å². The van der Waals surface area contributed by atoms with Crippen LogP contribution in [0.2, 0.25) is 18.1 Å². The molecule has 0 unspecified atom stereocenters. The number of thiocarbonyl (C=S) groups is 1. The van der Waals surface area contributed by atoms with Crippen LogP contribution in [0.5, 0.6) is 0 Å². The summed E-state index contributed by atoms with van der Waals surface area (Å²) < 4.78 is 7.14. The molecule has 0 radical (unpaired) electrons. The van der Waals surface area contributed by atoms with E-state index in [0.29, 0.717) is 11.6 Å². The Morgan fingerprint density at radius 2 is 1.88 bits per heavy atom. The molecule has 0 aromatic carbocycles. The predicted octanol–water partition coefficient (Wildman–Crippen LogP) is 4.17. The molecule has 98 valence electrons. The maximum Gasteiger partial charge on any atom is 0.192 e. The summed E-state index contributed by atoms with van der Waals surface area (Å²) in [5.41, 5.74) is 0. The van der Waals surface area contributed by atoms with Gasteiger partial charge in [0.1, 0.15) is 9.36 Å². The highest BCUT2D eigenvalue weighted by Crippen LogP contribution is 2.36. The zero-order valence-corrected chi connectivity index (χ0v) is 14.7. The fourth-order valence-electron chi connectivity index (χ4n) is 0.957. The fraction of sp³-hybridized carbons (Fsp3) is 0.818. The Morgan fingerprint density at radius 1 is 1.35 bits per heavy atom. The molecule has 1 aliphatic rings. The van der Waals surface area contributed by atoms with Gasteiger partial charge in [0.05, 0.1) is 6.61 Å². The highest BCUT2D eigenvalue weighted by Gasteiger charge is 2.37. The van der Waals surface area contributed by atoms with Crippen LogP contribution < -0.4 is 0 Å². The molecule has 6 heteroatoms. The van der Waals surface area contributed by atoms with E-state index in [1.807, 2.05) is 0 Å². The second kappa shape index (κ2) is 6.19. The molecule has 1 aliphatic heterocycles. The van der Waals surface area contributed by atoms with Gasteiger partial charge in [0, 0.05) is 11.5 Å². The number of hydrogen-bond donors (Lipinski definition) is 0. The Morgan fingerprint density at radius 3 is 2.35 bits per heavy atom. The first-order valence-corrected chi connectivity index (χ1v) is 11.0. The third-order valence-electron chi connectivity index (χ3n) is 3.11. The van der Waals surface area contributed by atoms with E-state index in [9.17, 15) is 0 Å². The minimum absolute atomic E-state index is 0.229. The van der Waals surface area contributed by atoms with E-state index < -0.39 is 8.32 Å². The molecule has 0 bridgehead atoms. The van der Waals surface area contributed by atoms with Gasteiger partial charge in [0.15, 0.2) is 8.32 Å². The Balaban J connectivity index is 2.45. The highest BCUT2D eigenvalue weighted by atomic mass is 32.2. The third-order valence-corrected chi connectivity index (χ3v) is 10.3. The molecule has 0 atom stereocenters. The maximum absolute atomic E-state index is 6.04. The first kappa shape index (κ1) is 15.7. The Labute approximate surface area is 120 Å². The average molecular weight is 308 g/mol. The van der Waals surface area contributed by atoms with Crippen molar-refractivity contribution in [3.8, 4) is 0 Å². The monoisotopic (exact) mass is 307 g/mol. The number of rotatable bonds is 3. The average Bonchev–Trinajstić information content (AvgIpc) is 2.66. The van der Waals surface area contributed by atoms with Crippen LogP contribution in [-0.2, 0) is 4.43 Å². The summed E-state index contributed by atoms with van der Waals surface area (Å²) in [4.78, 5) is 5.12. The minimum Gasteiger partial charge on any atom is -0.410 e. The van der Waals surface area contributed by atoms with Crippen molar-refractivity contribution in [2.75, 3.05) is 18.1 Å². The van der Waals surface area contributed by atoms with Crippen molar-refractivity contribution < 1.29 is 4.43 Å². The van der Waals surface area contributed by atoms with Crippen molar-refractivity contribution in [2.45, 2.75) is 38.9 Å². The first-order chi connectivity index (χ1) is 7.72. The number of nitrogens with zero attached hydrogens (tertiary/aromatic N) is 1. The molecular formula is C11H21NOS3Si. The van der Waals surface area contributed by atoms with Gasteiger partial charge in [-0.25, -0.2) is 4.99 Å². The Kier molecular flexibility index (Phi) is 5.71. The normalized spacial score (nSPS) is 17.4. The third kappa shape index (κ3) is 5.02. The first-order valence-electron chi connectivity index (χ1n) is 5.73. The zero-order valence-electron chi connectivity index (χ0n) is 11.2. The van der Waals surface area contributed by atoms with Crippen LogP contribution in [0.3, 0.4) is 0 Å². The van der Waals surface area contributed by atoms with Crippen LogP contribution in [0.25, 0.3) is 0 Å². The van der Waals surface area contributed by atoms with E-state index in [0.717, 1.165) is 15.9 Å². The van der Waals surface area contributed by atoms with Crippen molar-refractivity contribution in [1.29, 1.82) is 0 Å². The highest BCUT2D eigenvalue weighted by molar-refractivity contribution is 8.41. The molecule has 1 rings (SSSR count). The summed E-state index contributed by atoms with van der Waals surface area (Å²) >= 11 is 8.85. The zero-order chi connectivity index (χ0) is 13.1. The lowest BCUT2D eigenvalue weighted by atomic mass is 10.2. The molecule has 17 heavy (non-hydrogen) atoms. The van der Waals surface area contributed by atoms with Crippen LogP contribution in [-0.4, -0.2) is 35.8 Å². The van der Waals surface area contributed by atoms with E-state index >= 15 is 0 Å². The molecule has 0 aromatic heterocycles. The number of hydrogen-bond acceptors (Lipinski definition) is 4. The Hall–Kier alpha value is 0.637. The van der Waals surface area contributed by atoms with Gasteiger partial charge < -0.3 is 4.43 Å². The predicted molar refractivity (Wildman–Crippen MR) is 88.1 cm³/mol. The van der Waals surface area contributed by atoms with Crippen LogP contribution >= 0.6 is 35.7 Å². The van der Waals surface area contributed by atoms with Gasteiger partial charge in [-0.1, -0.05) is 56.5 Å². The molecule has 0 N–H and O–H groups in total. The molecule has 0 aromatic rings. The summed E-state index contributed by atoms with van der Waals surface area (Å²) in [5.74, 6) is 2.30. The van der Waals surface area contributed by atoms with Crippen molar-refractivity contribution in [3.63, 3.8) is 0 Å². The van der Waals surface area contributed by atoms with Gasteiger partial charge in [0.25, 0.3) is 0 Å².